The second-order valence-electron chi connectivity index (χ2n) is 5.22. The lowest BCUT2D eigenvalue weighted by atomic mass is 10.2. The molecule has 0 aliphatic heterocycles. The van der Waals surface area contributed by atoms with Crippen molar-refractivity contribution in [3.63, 3.8) is 0 Å². The normalized spacial score (nSPS) is 16.6. The van der Waals surface area contributed by atoms with Crippen molar-refractivity contribution in [1.29, 1.82) is 0 Å². The zero-order chi connectivity index (χ0) is 15.6. The van der Waals surface area contributed by atoms with E-state index in [0.29, 0.717) is 17.2 Å². The Morgan fingerprint density at radius 2 is 2.00 bits per heavy atom. The lowest BCUT2D eigenvalue weighted by Crippen LogP contribution is -2.34. The van der Waals surface area contributed by atoms with E-state index in [4.69, 9.17) is 9.47 Å². The van der Waals surface area contributed by atoms with Crippen LogP contribution in [0.5, 0.6) is 11.5 Å². The van der Waals surface area contributed by atoms with Gasteiger partial charge in [-0.3, -0.25) is 0 Å². The van der Waals surface area contributed by atoms with E-state index in [1.54, 1.807) is 0 Å². The van der Waals surface area contributed by atoms with Gasteiger partial charge >= 0.3 is 0 Å². The molecule has 1 aromatic carbocycles. The summed E-state index contributed by atoms with van der Waals surface area (Å²) in [6.07, 6.45) is 2.11. The Morgan fingerprint density at radius 1 is 1.33 bits per heavy atom. The van der Waals surface area contributed by atoms with Crippen molar-refractivity contribution in [1.82, 2.24) is 4.72 Å². The molecule has 2 N–H and O–H groups in total. The number of benzene rings is 1. The molecular weight excluding hydrogens is 294 g/mol. The van der Waals surface area contributed by atoms with Gasteiger partial charge in [0.1, 0.15) is 0 Å². The number of aliphatic hydroxyl groups is 1. The zero-order valence-electron chi connectivity index (χ0n) is 12.4. The van der Waals surface area contributed by atoms with Crippen LogP contribution in [0.15, 0.2) is 17.0 Å². The van der Waals surface area contributed by atoms with Gasteiger partial charge in [0, 0.05) is 17.7 Å². The van der Waals surface area contributed by atoms with Gasteiger partial charge in [-0.15, -0.1) is 0 Å². The third kappa shape index (κ3) is 3.48. The Kier molecular flexibility index (Phi) is 4.75. The maximum Gasteiger partial charge on any atom is 0.240 e. The minimum Gasteiger partial charge on any atom is -0.493 e. The highest BCUT2D eigenvalue weighted by Crippen LogP contribution is 2.36. The first-order valence-corrected chi connectivity index (χ1v) is 8.29. The Labute approximate surface area is 125 Å². The molecule has 0 saturated heterocycles. The molecule has 21 heavy (non-hydrogen) atoms. The van der Waals surface area contributed by atoms with Crippen LogP contribution in [0.4, 0.5) is 0 Å². The van der Waals surface area contributed by atoms with Crippen LogP contribution in [0.25, 0.3) is 0 Å². The third-order valence-electron chi connectivity index (χ3n) is 3.68. The van der Waals surface area contributed by atoms with E-state index in [1.165, 1.54) is 26.4 Å². The van der Waals surface area contributed by atoms with Crippen molar-refractivity contribution >= 4 is 10.0 Å². The van der Waals surface area contributed by atoms with E-state index in [0.717, 1.165) is 12.8 Å². The van der Waals surface area contributed by atoms with Crippen LogP contribution in [0.3, 0.4) is 0 Å². The van der Waals surface area contributed by atoms with Gasteiger partial charge in [0.2, 0.25) is 10.0 Å². The van der Waals surface area contributed by atoms with Crippen LogP contribution in [0, 0.1) is 5.92 Å². The number of hydrogen-bond donors (Lipinski definition) is 2. The molecule has 1 aromatic rings. The van der Waals surface area contributed by atoms with Crippen molar-refractivity contribution in [2.45, 2.75) is 37.3 Å². The van der Waals surface area contributed by atoms with E-state index in [9.17, 15) is 13.5 Å². The second-order valence-corrected chi connectivity index (χ2v) is 6.94. The SMILES string of the molecule is COc1cc(S(=O)(=O)NC(C)C2CC2)cc(CO)c1OC. The highest BCUT2D eigenvalue weighted by molar-refractivity contribution is 7.89. The maximum atomic E-state index is 12.4. The molecule has 1 fully saturated rings. The molecule has 0 radical (unpaired) electrons. The van der Waals surface area contributed by atoms with Gasteiger partial charge in [0.15, 0.2) is 11.5 Å². The number of hydrogen-bond acceptors (Lipinski definition) is 5. The molecule has 1 saturated carbocycles. The lowest BCUT2D eigenvalue weighted by molar-refractivity contribution is 0.269. The average Bonchev–Trinajstić information content (AvgIpc) is 3.29. The minimum atomic E-state index is -3.65. The van der Waals surface area contributed by atoms with Crippen molar-refractivity contribution in [2.24, 2.45) is 5.92 Å². The molecule has 1 aliphatic rings. The number of methoxy groups -OCH3 is 2. The largest absolute Gasteiger partial charge is 0.493 e. The summed E-state index contributed by atoms with van der Waals surface area (Å²) in [6.45, 7) is 1.53. The first kappa shape index (κ1) is 16.1. The van der Waals surface area contributed by atoms with E-state index >= 15 is 0 Å². The Morgan fingerprint density at radius 3 is 2.48 bits per heavy atom. The molecule has 2 rings (SSSR count). The predicted molar refractivity (Wildman–Crippen MR) is 78.0 cm³/mol. The van der Waals surface area contributed by atoms with Gasteiger partial charge in [-0.2, -0.15) is 0 Å². The highest BCUT2D eigenvalue weighted by atomic mass is 32.2. The Balaban J connectivity index is 2.37. The van der Waals surface area contributed by atoms with Crippen molar-refractivity contribution in [2.75, 3.05) is 14.2 Å². The molecular formula is C14H21NO5S. The van der Waals surface area contributed by atoms with Gasteiger partial charge < -0.3 is 14.6 Å². The molecule has 6 nitrogen and oxygen atoms in total. The summed E-state index contributed by atoms with van der Waals surface area (Å²) in [5, 5.41) is 9.39. The van der Waals surface area contributed by atoms with Gasteiger partial charge in [0.05, 0.1) is 25.7 Å². The number of ether oxygens (including phenoxy) is 2. The van der Waals surface area contributed by atoms with Crippen LogP contribution >= 0.6 is 0 Å². The topological polar surface area (TPSA) is 84.9 Å². The van der Waals surface area contributed by atoms with Crippen LogP contribution in [0.2, 0.25) is 0 Å². The molecule has 0 spiro atoms. The van der Waals surface area contributed by atoms with Crippen LogP contribution in [-0.2, 0) is 16.6 Å². The summed E-state index contributed by atoms with van der Waals surface area (Å²) in [7, 11) is -0.782. The predicted octanol–water partition coefficient (Wildman–Crippen LogP) is 1.27. The summed E-state index contributed by atoms with van der Waals surface area (Å²) in [6, 6.07) is 2.71. The Hall–Kier alpha value is -1.31. The van der Waals surface area contributed by atoms with Crippen molar-refractivity contribution in [3.8, 4) is 11.5 Å². The molecule has 0 amide bonds. The van der Waals surface area contributed by atoms with E-state index in [2.05, 4.69) is 4.72 Å². The maximum absolute atomic E-state index is 12.4. The van der Waals surface area contributed by atoms with Crippen molar-refractivity contribution < 1.29 is 23.0 Å². The summed E-state index contributed by atoms with van der Waals surface area (Å²) < 4.78 is 37.8. The van der Waals surface area contributed by atoms with E-state index in [-0.39, 0.29) is 23.3 Å². The monoisotopic (exact) mass is 315 g/mol. The fraction of sp³-hybridized carbons (Fsp3) is 0.571. The average molecular weight is 315 g/mol. The van der Waals surface area contributed by atoms with Crippen LogP contribution < -0.4 is 14.2 Å². The van der Waals surface area contributed by atoms with Crippen LogP contribution in [-0.4, -0.2) is 33.8 Å². The van der Waals surface area contributed by atoms with E-state index < -0.39 is 10.0 Å². The number of aliphatic hydroxyl groups excluding tert-OH is 1. The van der Waals surface area contributed by atoms with Gasteiger partial charge in [-0.25, -0.2) is 13.1 Å². The molecule has 118 valence electrons. The number of sulfonamides is 1. The van der Waals surface area contributed by atoms with Gasteiger partial charge in [-0.05, 0) is 31.7 Å². The summed E-state index contributed by atoms with van der Waals surface area (Å²) in [4.78, 5) is 0.0664. The smallest absolute Gasteiger partial charge is 0.240 e. The third-order valence-corrected chi connectivity index (χ3v) is 5.22. The van der Waals surface area contributed by atoms with Crippen LogP contribution in [0.1, 0.15) is 25.3 Å². The Bertz CT molecular complexity index is 585. The highest BCUT2D eigenvalue weighted by Gasteiger charge is 2.31. The standard InChI is InChI=1S/C14H21NO5S/c1-9(10-4-5-10)15-21(17,18)12-6-11(8-16)14(20-3)13(7-12)19-2/h6-7,9-10,15-16H,4-5,8H2,1-3H3. The summed E-state index contributed by atoms with van der Waals surface area (Å²) >= 11 is 0. The number of rotatable bonds is 7. The fourth-order valence-electron chi connectivity index (χ4n) is 2.29. The summed E-state index contributed by atoms with van der Waals surface area (Å²) in [5.41, 5.74) is 0.372. The molecule has 7 heteroatoms. The van der Waals surface area contributed by atoms with E-state index in [1.807, 2.05) is 6.92 Å². The molecule has 0 bridgehead atoms. The minimum absolute atomic E-state index is 0.0664. The van der Waals surface area contributed by atoms with Gasteiger partial charge in [-0.1, -0.05) is 0 Å². The lowest BCUT2D eigenvalue weighted by Gasteiger charge is -2.17. The fourth-order valence-corrected chi connectivity index (χ4v) is 3.67. The van der Waals surface area contributed by atoms with Gasteiger partial charge in [0.25, 0.3) is 0 Å². The van der Waals surface area contributed by atoms with Crippen molar-refractivity contribution in [3.05, 3.63) is 17.7 Å². The number of nitrogens with one attached hydrogen (secondary N) is 1. The molecule has 1 atom stereocenters. The first-order chi connectivity index (χ1) is 9.92. The molecule has 1 unspecified atom stereocenters. The molecule has 1 aliphatic carbocycles. The summed E-state index contributed by atoms with van der Waals surface area (Å²) in [5.74, 6) is 1.04. The molecule has 0 heterocycles. The second kappa shape index (κ2) is 6.21. The quantitative estimate of drug-likeness (QED) is 0.791. The first-order valence-electron chi connectivity index (χ1n) is 6.81. The molecule has 0 aromatic heterocycles. The zero-order valence-corrected chi connectivity index (χ0v) is 13.2.